The average molecular weight is 162 g/mol. The van der Waals surface area contributed by atoms with Gasteiger partial charge in [0.25, 0.3) is 0 Å². The third-order valence-electron chi connectivity index (χ3n) is 1.47. The molecule has 0 saturated carbocycles. The second-order valence-electron chi connectivity index (χ2n) is 2.39. The molecular weight excluding hydrogens is 152 g/mol. The fourth-order valence-electron chi connectivity index (χ4n) is 0.574. The maximum Gasteiger partial charge on any atom is 0.0930 e. The van der Waals surface area contributed by atoms with Gasteiger partial charge in [0.15, 0.2) is 0 Å². The van der Waals surface area contributed by atoms with Crippen LogP contribution >= 0.6 is 0 Å². The van der Waals surface area contributed by atoms with E-state index >= 15 is 0 Å². The Morgan fingerprint density at radius 1 is 1.00 bits per heavy atom. The van der Waals surface area contributed by atoms with Crippen LogP contribution in [0.5, 0.6) is 0 Å². The summed E-state index contributed by atoms with van der Waals surface area (Å²) < 4.78 is 0. The Balaban J connectivity index is 4.17. The van der Waals surface area contributed by atoms with E-state index in [0.29, 0.717) is 0 Å². The highest BCUT2D eigenvalue weighted by atomic mass is 16.3. The summed E-state index contributed by atoms with van der Waals surface area (Å²) in [5.41, 5.74) is -1.16. The molecule has 0 rings (SSSR count). The van der Waals surface area contributed by atoms with Crippen molar-refractivity contribution in [1.82, 2.24) is 0 Å². The molecule has 11 heavy (non-hydrogen) atoms. The predicted octanol–water partition coefficient (Wildman–Crippen LogP) is -0.510. The lowest BCUT2D eigenvalue weighted by atomic mass is 9.91. The van der Waals surface area contributed by atoms with E-state index in [1.165, 1.54) is 0 Å². The SMILES string of the molecule is O=NCC(CO)(CO)CN=O. The monoisotopic (exact) mass is 162 g/mol. The number of nitrogens with zero attached hydrogens (tertiary/aromatic N) is 2. The fourth-order valence-corrected chi connectivity index (χ4v) is 0.574. The molecule has 2 N–H and O–H groups in total. The van der Waals surface area contributed by atoms with Crippen LogP contribution in [0.3, 0.4) is 0 Å². The van der Waals surface area contributed by atoms with Crippen LogP contribution in [0.1, 0.15) is 0 Å². The lowest BCUT2D eigenvalue weighted by Gasteiger charge is -2.22. The van der Waals surface area contributed by atoms with E-state index in [9.17, 15) is 9.81 Å². The first kappa shape index (κ1) is 10.1. The quantitative estimate of drug-likeness (QED) is 0.513. The molecule has 0 bridgehead atoms. The maximum atomic E-state index is 9.80. The summed E-state index contributed by atoms with van der Waals surface area (Å²) >= 11 is 0. The highest BCUT2D eigenvalue weighted by molar-refractivity contribution is 4.82. The van der Waals surface area contributed by atoms with Gasteiger partial charge in [-0.3, -0.25) is 0 Å². The summed E-state index contributed by atoms with van der Waals surface area (Å²) in [7, 11) is 0. The van der Waals surface area contributed by atoms with Crippen LogP contribution in [0.25, 0.3) is 0 Å². The van der Waals surface area contributed by atoms with Gasteiger partial charge < -0.3 is 10.2 Å². The summed E-state index contributed by atoms with van der Waals surface area (Å²) in [5.74, 6) is 0. The molecule has 0 radical (unpaired) electrons. The minimum absolute atomic E-state index is 0.300. The molecule has 0 spiro atoms. The zero-order valence-corrected chi connectivity index (χ0v) is 5.93. The van der Waals surface area contributed by atoms with Gasteiger partial charge in [-0.05, 0) is 0 Å². The summed E-state index contributed by atoms with van der Waals surface area (Å²) in [4.78, 5) is 19.6. The third-order valence-corrected chi connectivity index (χ3v) is 1.47. The summed E-state index contributed by atoms with van der Waals surface area (Å²) in [6.45, 7) is -1.54. The molecule has 6 nitrogen and oxygen atoms in total. The number of aliphatic hydroxyl groups excluding tert-OH is 2. The number of rotatable bonds is 6. The van der Waals surface area contributed by atoms with Crippen molar-refractivity contribution in [3.63, 3.8) is 0 Å². The van der Waals surface area contributed by atoms with Gasteiger partial charge in [0.05, 0.1) is 31.7 Å². The molecule has 0 aliphatic carbocycles. The van der Waals surface area contributed by atoms with Crippen molar-refractivity contribution in [2.45, 2.75) is 0 Å². The number of aliphatic hydroxyl groups is 2. The van der Waals surface area contributed by atoms with E-state index in [4.69, 9.17) is 10.2 Å². The minimum Gasteiger partial charge on any atom is -0.396 e. The topological polar surface area (TPSA) is 99.3 Å². The lowest BCUT2D eigenvalue weighted by molar-refractivity contribution is 0.0691. The molecule has 0 amide bonds. The molecule has 64 valence electrons. The molecule has 0 aromatic heterocycles. The largest absolute Gasteiger partial charge is 0.396 e. The summed E-state index contributed by atoms with van der Waals surface area (Å²) in [6, 6.07) is 0. The molecule has 0 aromatic carbocycles. The smallest absolute Gasteiger partial charge is 0.0930 e. The first-order valence-corrected chi connectivity index (χ1v) is 3.04. The summed E-state index contributed by atoms with van der Waals surface area (Å²) in [6.07, 6.45) is 0. The molecule has 0 unspecified atom stereocenters. The predicted molar refractivity (Wildman–Crippen MR) is 37.9 cm³/mol. The highest BCUT2D eigenvalue weighted by Crippen LogP contribution is 2.16. The Kier molecular flexibility index (Phi) is 4.47. The van der Waals surface area contributed by atoms with E-state index in [-0.39, 0.29) is 13.1 Å². The van der Waals surface area contributed by atoms with Crippen molar-refractivity contribution in [3.8, 4) is 0 Å². The van der Waals surface area contributed by atoms with Crippen LogP contribution in [0.2, 0.25) is 0 Å². The fraction of sp³-hybridized carbons (Fsp3) is 1.00. The zero-order valence-electron chi connectivity index (χ0n) is 5.93. The van der Waals surface area contributed by atoms with Gasteiger partial charge in [-0.25, -0.2) is 0 Å². The van der Waals surface area contributed by atoms with Gasteiger partial charge in [0.1, 0.15) is 0 Å². The molecule has 0 heterocycles. The van der Waals surface area contributed by atoms with Crippen LogP contribution in [0.4, 0.5) is 0 Å². The van der Waals surface area contributed by atoms with Crippen molar-refractivity contribution >= 4 is 0 Å². The van der Waals surface area contributed by atoms with Gasteiger partial charge in [0.2, 0.25) is 0 Å². The van der Waals surface area contributed by atoms with Crippen LogP contribution in [-0.2, 0) is 0 Å². The first-order valence-electron chi connectivity index (χ1n) is 3.04. The third kappa shape index (κ3) is 2.69. The molecule has 0 aliphatic heterocycles. The van der Waals surface area contributed by atoms with E-state index in [1.807, 2.05) is 0 Å². The van der Waals surface area contributed by atoms with Crippen molar-refractivity contribution in [1.29, 1.82) is 0 Å². The van der Waals surface area contributed by atoms with Crippen LogP contribution < -0.4 is 0 Å². The normalized spacial score (nSPS) is 11.1. The highest BCUT2D eigenvalue weighted by Gasteiger charge is 2.29. The molecular formula is C5H10N2O4. The van der Waals surface area contributed by atoms with Crippen molar-refractivity contribution < 1.29 is 10.2 Å². The number of hydrogen-bond acceptors (Lipinski definition) is 6. The van der Waals surface area contributed by atoms with Crippen LogP contribution in [0, 0.1) is 15.2 Å². The van der Waals surface area contributed by atoms with Gasteiger partial charge >= 0.3 is 0 Å². The van der Waals surface area contributed by atoms with Gasteiger partial charge in [0, 0.05) is 0 Å². The Bertz CT molecular complexity index is 122. The molecule has 0 aromatic rings. The maximum absolute atomic E-state index is 9.80. The Labute approximate surface area is 63.2 Å². The van der Waals surface area contributed by atoms with E-state index in [2.05, 4.69) is 10.4 Å². The van der Waals surface area contributed by atoms with Crippen LogP contribution in [0.15, 0.2) is 10.4 Å². The van der Waals surface area contributed by atoms with Crippen molar-refractivity contribution in [2.24, 2.45) is 15.8 Å². The molecule has 0 fully saturated rings. The Morgan fingerprint density at radius 3 is 1.55 bits per heavy atom. The number of nitroso groups, excluding NO2 is 2. The van der Waals surface area contributed by atoms with Crippen molar-refractivity contribution in [2.75, 3.05) is 26.3 Å². The zero-order chi connectivity index (χ0) is 8.74. The van der Waals surface area contributed by atoms with Gasteiger partial charge in [-0.2, -0.15) is 9.81 Å². The average Bonchev–Trinajstić information content (AvgIpc) is 2.04. The lowest BCUT2D eigenvalue weighted by Crippen LogP contribution is -2.36. The second kappa shape index (κ2) is 4.86. The molecule has 0 saturated heterocycles. The first-order chi connectivity index (χ1) is 5.24. The second-order valence-corrected chi connectivity index (χ2v) is 2.39. The van der Waals surface area contributed by atoms with Gasteiger partial charge in [-0.15, -0.1) is 0 Å². The van der Waals surface area contributed by atoms with Gasteiger partial charge in [-0.1, -0.05) is 10.4 Å². The Morgan fingerprint density at radius 2 is 1.36 bits per heavy atom. The van der Waals surface area contributed by atoms with Crippen molar-refractivity contribution in [3.05, 3.63) is 9.81 Å². The standard InChI is InChI=1S/C5H10N2O4/c8-3-5(4-9,1-6-10)2-7-11/h8-9H,1-4H2. The van der Waals surface area contributed by atoms with E-state index < -0.39 is 18.6 Å². The van der Waals surface area contributed by atoms with E-state index in [1.54, 1.807) is 0 Å². The minimum atomic E-state index is -1.16. The molecule has 0 aliphatic rings. The number of hydrogen-bond donors (Lipinski definition) is 2. The molecule has 0 atom stereocenters. The van der Waals surface area contributed by atoms with E-state index in [0.717, 1.165) is 0 Å². The molecule has 6 heteroatoms. The Hall–Kier alpha value is -0.880. The summed E-state index contributed by atoms with van der Waals surface area (Å²) in [5, 5.41) is 22.4. The van der Waals surface area contributed by atoms with Crippen LogP contribution in [-0.4, -0.2) is 36.5 Å².